The first-order valence-corrected chi connectivity index (χ1v) is 4.61. The Kier molecular flexibility index (Phi) is 3.69. The maximum absolute atomic E-state index is 10.5. The highest BCUT2D eigenvalue weighted by Gasteiger charge is 2.12. The smallest absolute Gasteiger partial charge is 0.284 e. The third-order valence-corrected chi connectivity index (χ3v) is 1.82. The van der Waals surface area contributed by atoms with Gasteiger partial charge in [0.25, 0.3) is 5.69 Å². The average Bonchev–Trinajstić information content (AvgIpc) is 2.15. The fraction of sp³-hybridized carbons (Fsp3) is 0.143. The van der Waals surface area contributed by atoms with Gasteiger partial charge in [0.1, 0.15) is 0 Å². The van der Waals surface area contributed by atoms with Gasteiger partial charge in [-0.25, -0.2) is 0 Å². The molecule has 0 saturated carbocycles. The predicted octanol–water partition coefficient (Wildman–Crippen LogP) is 1.25. The molecule has 0 aliphatic rings. The molecule has 0 spiro atoms. The van der Waals surface area contributed by atoms with Gasteiger partial charge in [0, 0.05) is 6.07 Å². The minimum Gasteiger partial charge on any atom is -0.284 e. The highest BCUT2D eigenvalue weighted by molar-refractivity contribution is 7.74. The van der Waals surface area contributed by atoms with E-state index in [0.29, 0.717) is 0 Å². The van der Waals surface area contributed by atoms with Crippen molar-refractivity contribution in [3.05, 3.63) is 39.9 Å². The van der Waals surface area contributed by atoms with Crippen LogP contribution in [0.25, 0.3) is 0 Å². The SMILES string of the molecule is O=[N+]([O-])c1ccccc1COS(=O)O. The number of nitro groups is 1. The van der Waals surface area contributed by atoms with Gasteiger partial charge in [0.05, 0.1) is 17.1 Å². The monoisotopic (exact) mass is 217 g/mol. The first-order valence-electron chi connectivity index (χ1n) is 3.57. The van der Waals surface area contributed by atoms with E-state index in [9.17, 15) is 14.3 Å². The zero-order valence-corrected chi connectivity index (χ0v) is 7.77. The van der Waals surface area contributed by atoms with Crippen molar-refractivity contribution < 1.29 is 17.9 Å². The third kappa shape index (κ3) is 2.87. The summed E-state index contributed by atoms with van der Waals surface area (Å²) in [6, 6.07) is 5.87. The first kappa shape index (κ1) is 10.8. The maximum Gasteiger partial charge on any atom is 0.302 e. The number of hydrogen-bond acceptors (Lipinski definition) is 4. The molecule has 0 amide bonds. The van der Waals surface area contributed by atoms with Crippen LogP contribution >= 0.6 is 0 Å². The Balaban J connectivity index is 2.84. The summed E-state index contributed by atoms with van der Waals surface area (Å²) in [4.78, 5) is 9.91. The molecule has 0 saturated heterocycles. The molecule has 0 heterocycles. The highest BCUT2D eigenvalue weighted by Crippen LogP contribution is 2.18. The van der Waals surface area contributed by atoms with Crippen LogP contribution in [0.2, 0.25) is 0 Å². The minimum atomic E-state index is -2.41. The molecule has 0 aromatic heterocycles. The van der Waals surface area contributed by atoms with Crippen LogP contribution in [0.1, 0.15) is 5.56 Å². The number of hydrogen-bond donors (Lipinski definition) is 1. The van der Waals surface area contributed by atoms with Gasteiger partial charge < -0.3 is 0 Å². The van der Waals surface area contributed by atoms with E-state index in [-0.39, 0.29) is 17.9 Å². The van der Waals surface area contributed by atoms with Gasteiger partial charge in [0.2, 0.25) is 0 Å². The standard InChI is InChI=1S/C7H7NO5S/c9-8(10)7-4-2-1-3-6(7)5-13-14(11)12/h1-4H,5H2,(H,11,12). The summed E-state index contributed by atoms with van der Waals surface area (Å²) in [5.74, 6) is 0. The second kappa shape index (κ2) is 4.80. The molecule has 0 fully saturated rings. The normalized spacial score (nSPS) is 12.4. The maximum atomic E-state index is 10.5. The molecule has 1 rings (SSSR count). The Hall–Kier alpha value is -1.31. The topological polar surface area (TPSA) is 89.7 Å². The molecular formula is C7H7NO5S. The molecule has 7 heteroatoms. The summed E-state index contributed by atoms with van der Waals surface area (Å²) in [5, 5.41) is 10.5. The fourth-order valence-electron chi connectivity index (χ4n) is 0.925. The highest BCUT2D eigenvalue weighted by atomic mass is 32.2. The molecule has 1 atom stereocenters. The van der Waals surface area contributed by atoms with Gasteiger partial charge in [0.15, 0.2) is 0 Å². The van der Waals surface area contributed by atoms with E-state index >= 15 is 0 Å². The van der Waals surface area contributed by atoms with Crippen molar-refractivity contribution in [3.8, 4) is 0 Å². The Labute approximate surface area is 82.1 Å². The van der Waals surface area contributed by atoms with Crippen molar-refractivity contribution in [1.29, 1.82) is 0 Å². The van der Waals surface area contributed by atoms with E-state index < -0.39 is 16.3 Å². The van der Waals surface area contributed by atoms with E-state index in [2.05, 4.69) is 4.18 Å². The van der Waals surface area contributed by atoms with Crippen LogP contribution < -0.4 is 0 Å². The van der Waals surface area contributed by atoms with E-state index in [1.54, 1.807) is 6.07 Å². The van der Waals surface area contributed by atoms with Gasteiger partial charge in [-0.3, -0.25) is 18.9 Å². The fourth-order valence-corrected chi connectivity index (χ4v) is 1.15. The van der Waals surface area contributed by atoms with Crippen LogP contribution in [0.4, 0.5) is 5.69 Å². The van der Waals surface area contributed by atoms with Crippen molar-refractivity contribution in [2.45, 2.75) is 6.61 Å². The zero-order chi connectivity index (χ0) is 10.6. The summed E-state index contributed by atoms with van der Waals surface area (Å²) >= 11 is -2.41. The second-order valence-electron chi connectivity index (χ2n) is 2.37. The van der Waals surface area contributed by atoms with Gasteiger partial charge in [-0.15, -0.1) is 0 Å². The van der Waals surface area contributed by atoms with Crippen LogP contribution in [0, 0.1) is 10.1 Å². The van der Waals surface area contributed by atoms with Gasteiger partial charge >= 0.3 is 11.4 Å². The van der Waals surface area contributed by atoms with Crippen LogP contribution in [0.3, 0.4) is 0 Å². The van der Waals surface area contributed by atoms with Gasteiger partial charge in [-0.2, -0.15) is 4.21 Å². The summed E-state index contributed by atoms with van der Waals surface area (Å²) < 4.78 is 22.8. The zero-order valence-electron chi connectivity index (χ0n) is 6.95. The van der Waals surface area contributed by atoms with Crippen LogP contribution in [0.5, 0.6) is 0 Å². The third-order valence-electron chi connectivity index (χ3n) is 1.50. The van der Waals surface area contributed by atoms with E-state index in [1.807, 2.05) is 0 Å². The van der Waals surface area contributed by atoms with Crippen molar-refractivity contribution in [2.24, 2.45) is 0 Å². The lowest BCUT2D eigenvalue weighted by Crippen LogP contribution is -1.99. The predicted molar refractivity (Wildman–Crippen MR) is 48.7 cm³/mol. The molecule has 0 bridgehead atoms. The molecule has 0 aliphatic heterocycles. The lowest BCUT2D eigenvalue weighted by atomic mass is 10.2. The minimum absolute atomic E-state index is 0.127. The molecular weight excluding hydrogens is 210 g/mol. The lowest BCUT2D eigenvalue weighted by molar-refractivity contribution is -0.385. The largest absolute Gasteiger partial charge is 0.302 e. The second-order valence-corrected chi connectivity index (χ2v) is 3.04. The van der Waals surface area contributed by atoms with E-state index in [4.69, 9.17) is 4.55 Å². The summed E-state index contributed by atoms with van der Waals surface area (Å²) in [7, 11) is 0. The number of benzene rings is 1. The number of rotatable bonds is 4. The Bertz CT molecular complexity index is 367. The summed E-state index contributed by atoms with van der Waals surface area (Å²) in [5.41, 5.74) is 0.137. The van der Waals surface area contributed by atoms with Crippen molar-refractivity contribution >= 4 is 17.0 Å². The van der Waals surface area contributed by atoms with E-state index in [1.165, 1.54) is 18.2 Å². The molecule has 1 unspecified atom stereocenters. The summed E-state index contributed by atoms with van der Waals surface area (Å²) in [6.45, 7) is -0.264. The first-order chi connectivity index (χ1) is 6.61. The Morgan fingerprint density at radius 2 is 2.14 bits per heavy atom. The molecule has 0 radical (unpaired) electrons. The van der Waals surface area contributed by atoms with Gasteiger partial charge in [-0.1, -0.05) is 12.1 Å². The van der Waals surface area contributed by atoms with Crippen LogP contribution in [-0.4, -0.2) is 13.7 Å². The number of nitrogens with zero attached hydrogens (tertiary/aromatic N) is 1. The van der Waals surface area contributed by atoms with Gasteiger partial charge in [-0.05, 0) is 6.07 Å². The van der Waals surface area contributed by atoms with Crippen molar-refractivity contribution in [2.75, 3.05) is 0 Å². The molecule has 6 nitrogen and oxygen atoms in total. The number of para-hydroxylation sites is 1. The molecule has 1 aromatic rings. The molecule has 1 aromatic carbocycles. The van der Waals surface area contributed by atoms with E-state index in [0.717, 1.165) is 0 Å². The molecule has 76 valence electrons. The van der Waals surface area contributed by atoms with Crippen molar-refractivity contribution in [3.63, 3.8) is 0 Å². The van der Waals surface area contributed by atoms with Crippen LogP contribution in [0.15, 0.2) is 24.3 Å². The summed E-state index contributed by atoms with van der Waals surface area (Å²) in [6.07, 6.45) is 0. The quantitative estimate of drug-likeness (QED) is 0.465. The molecule has 0 aliphatic carbocycles. The van der Waals surface area contributed by atoms with Crippen LogP contribution in [-0.2, 0) is 22.2 Å². The molecule has 14 heavy (non-hydrogen) atoms. The Morgan fingerprint density at radius 1 is 1.50 bits per heavy atom. The Morgan fingerprint density at radius 3 is 2.71 bits per heavy atom. The average molecular weight is 217 g/mol. The molecule has 1 N–H and O–H groups in total. The number of nitro benzene ring substituents is 1. The lowest BCUT2D eigenvalue weighted by Gasteiger charge is -2.00. The van der Waals surface area contributed by atoms with Crippen molar-refractivity contribution in [1.82, 2.24) is 0 Å².